The molecule has 0 atom stereocenters. The highest BCUT2D eigenvalue weighted by Crippen LogP contribution is 2.25. The topological polar surface area (TPSA) is 97.1 Å². The predicted molar refractivity (Wildman–Crippen MR) is 102 cm³/mol. The van der Waals surface area contributed by atoms with Crippen molar-refractivity contribution in [2.75, 3.05) is 10.6 Å². The van der Waals surface area contributed by atoms with Crippen molar-refractivity contribution < 1.29 is 14.1 Å². The minimum absolute atomic E-state index is 0.175. The summed E-state index contributed by atoms with van der Waals surface area (Å²) < 4.78 is 5.19. The molecule has 3 rings (SSSR count). The lowest BCUT2D eigenvalue weighted by Crippen LogP contribution is -2.13. The molecule has 8 heteroatoms. The summed E-state index contributed by atoms with van der Waals surface area (Å²) in [5.41, 5.74) is 1.88. The van der Waals surface area contributed by atoms with E-state index in [1.807, 2.05) is 12.1 Å². The number of carbonyl (C=O) groups is 2. The molecule has 2 aromatic carbocycles. The normalized spacial score (nSPS) is 10.4. The van der Waals surface area contributed by atoms with Gasteiger partial charge in [-0.1, -0.05) is 35.0 Å². The van der Waals surface area contributed by atoms with E-state index in [0.29, 0.717) is 40.1 Å². The van der Waals surface area contributed by atoms with Crippen molar-refractivity contribution in [1.82, 2.24) is 10.1 Å². The molecule has 0 aliphatic rings. The van der Waals surface area contributed by atoms with Crippen molar-refractivity contribution in [2.45, 2.75) is 19.8 Å². The van der Waals surface area contributed by atoms with E-state index in [1.165, 1.54) is 6.92 Å². The molecule has 2 amide bonds. The van der Waals surface area contributed by atoms with Gasteiger partial charge in [-0.2, -0.15) is 4.98 Å². The van der Waals surface area contributed by atoms with Crippen LogP contribution in [0.4, 0.5) is 11.4 Å². The summed E-state index contributed by atoms with van der Waals surface area (Å²) in [7, 11) is 0. The van der Waals surface area contributed by atoms with Gasteiger partial charge < -0.3 is 15.2 Å². The number of benzene rings is 2. The summed E-state index contributed by atoms with van der Waals surface area (Å²) in [4.78, 5) is 27.5. The second kappa shape index (κ2) is 8.46. The standard InChI is InChI=1S/C19H17ClN4O3/c1-12(25)21-13-5-4-6-14(11-13)22-17(26)9-10-18-23-19(24-27-18)15-7-2-3-8-16(15)20/h2-8,11H,9-10H2,1H3,(H,21,25)(H,22,26). The SMILES string of the molecule is CC(=O)Nc1cccc(NC(=O)CCc2nc(-c3ccccc3Cl)no2)c1. The van der Waals surface area contributed by atoms with Gasteiger partial charge in [0.05, 0.1) is 5.02 Å². The zero-order chi connectivity index (χ0) is 19.2. The second-order valence-corrected chi connectivity index (χ2v) is 6.21. The number of halogens is 1. The Morgan fingerprint density at radius 3 is 2.56 bits per heavy atom. The van der Waals surface area contributed by atoms with E-state index in [2.05, 4.69) is 20.8 Å². The van der Waals surface area contributed by atoms with E-state index in [0.717, 1.165) is 0 Å². The van der Waals surface area contributed by atoms with Crippen molar-refractivity contribution >= 4 is 34.8 Å². The van der Waals surface area contributed by atoms with Gasteiger partial charge in [0.15, 0.2) is 0 Å². The number of rotatable bonds is 6. The molecule has 0 saturated heterocycles. The molecule has 0 saturated carbocycles. The zero-order valence-corrected chi connectivity index (χ0v) is 15.3. The Labute approximate surface area is 160 Å². The fourth-order valence-corrected chi connectivity index (χ4v) is 2.65. The maximum atomic E-state index is 12.1. The number of nitrogens with one attached hydrogen (secondary N) is 2. The molecule has 3 aromatic rings. The van der Waals surface area contributed by atoms with Crippen LogP contribution in [0.15, 0.2) is 53.1 Å². The molecule has 27 heavy (non-hydrogen) atoms. The lowest BCUT2D eigenvalue weighted by Gasteiger charge is -2.07. The Balaban J connectivity index is 1.57. The maximum Gasteiger partial charge on any atom is 0.227 e. The molecule has 0 radical (unpaired) electrons. The molecule has 138 valence electrons. The van der Waals surface area contributed by atoms with Gasteiger partial charge in [0.1, 0.15) is 0 Å². The predicted octanol–water partition coefficient (Wildman–Crippen LogP) is 3.92. The molecular formula is C19H17ClN4O3. The van der Waals surface area contributed by atoms with Crippen molar-refractivity contribution in [3.63, 3.8) is 0 Å². The third kappa shape index (κ3) is 5.15. The number of hydrogen-bond acceptors (Lipinski definition) is 5. The minimum atomic E-state index is -0.201. The van der Waals surface area contributed by atoms with Crippen LogP contribution in [0.1, 0.15) is 19.2 Å². The van der Waals surface area contributed by atoms with Gasteiger partial charge in [0, 0.05) is 36.7 Å². The number of anilines is 2. The largest absolute Gasteiger partial charge is 0.339 e. The van der Waals surface area contributed by atoms with Crippen LogP contribution in [0.25, 0.3) is 11.4 Å². The van der Waals surface area contributed by atoms with Crippen molar-refractivity contribution in [3.05, 3.63) is 59.4 Å². The Bertz CT molecular complexity index is 971. The molecule has 0 unspecified atom stereocenters. The highest BCUT2D eigenvalue weighted by atomic mass is 35.5. The Kier molecular flexibility index (Phi) is 5.83. The fraction of sp³-hybridized carbons (Fsp3) is 0.158. The van der Waals surface area contributed by atoms with Gasteiger partial charge in [-0.15, -0.1) is 0 Å². The summed E-state index contributed by atoms with van der Waals surface area (Å²) in [6.07, 6.45) is 0.475. The van der Waals surface area contributed by atoms with Crippen LogP contribution in [0.2, 0.25) is 5.02 Å². The van der Waals surface area contributed by atoms with E-state index in [1.54, 1.807) is 36.4 Å². The van der Waals surface area contributed by atoms with Crippen molar-refractivity contribution in [3.8, 4) is 11.4 Å². The van der Waals surface area contributed by atoms with E-state index < -0.39 is 0 Å². The number of aryl methyl sites for hydroxylation is 1. The molecule has 7 nitrogen and oxygen atoms in total. The van der Waals surface area contributed by atoms with Crippen LogP contribution >= 0.6 is 11.6 Å². The van der Waals surface area contributed by atoms with Crippen molar-refractivity contribution in [1.29, 1.82) is 0 Å². The number of hydrogen-bond donors (Lipinski definition) is 2. The highest BCUT2D eigenvalue weighted by molar-refractivity contribution is 6.33. The first-order chi connectivity index (χ1) is 13.0. The molecule has 1 aromatic heterocycles. The summed E-state index contributed by atoms with van der Waals surface area (Å²) in [6, 6.07) is 14.1. The molecule has 0 bridgehead atoms. The Morgan fingerprint density at radius 1 is 1.07 bits per heavy atom. The number of carbonyl (C=O) groups excluding carboxylic acids is 2. The average Bonchev–Trinajstić information content (AvgIpc) is 3.09. The molecular weight excluding hydrogens is 368 g/mol. The van der Waals surface area contributed by atoms with Crippen LogP contribution in [-0.2, 0) is 16.0 Å². The van der Waals surface area contributed by atoms with E-state index in [4.69, 9.17) is 16.1 Å². The monoisotopic (exact) mass is 384 g/mol. The van der Waals surface area contributed by atoms with Gasteiger partial charge >= 0.3 is 0 Å². The quantitative estimate of drug-likeness (QED) is 0.671. The van der Waals surface area contributed by atoms with Crippen LogP contribution in [0.5, 0.6) is 0 Å². The second-order valence-electron chi connectivity index (χ2n) is 5.80. The summed E-state index contributed by atoms with van der Waals surface area (Å²) >= 11 is 6.12. The van der Waals surface area contributed by atoms with Crippen LogP contribution in [-0.4, -0.2) is 22.0 Å². The average molecular weight is 385 g/mol. The molecule has 2 N–H and O–H groups in total. The smallest absolute Gasteiger partial charge is 0.227 e. The maximum absolute atomic E-state index is 12.1. The molecule has 1 heterocycles. The molecule has 0 aliphatic heterocycles. The first-order valence-electron chi connectivity index (χ1n) is 8.26. The third-order valence-corrected chi connectivity index (χ3v) is 3.95. The summed E-state index contributed by atoms with van der Waals surface area (Å²) in [6.45, 7) is 1.42. The third-order valence-electron chi connectivity index (χ3n) is 3.62. The zero-order valence-electron chi connectivity index (χ0n) is 14.5. The van der Waals surface area contributed by atoms with Crippen molar-refractivity contribution in [2.24, 2.45) is 0 Å². The van der Waals surface area contributed by atoms with E-state index in [-0.39, 0.29) is 18.2 Å². The van der Waals surface area contributed by atoms with Crippen LogP contribution < -0.4 is 10.6 Å². The molecule has 0 aliphatic carbocycles. The van der Waals surface area contributed by atoms with Gasteiger partial charge in [0.25, 0.3) is 0 Å². The lowest BCUT2D eigenvalue weighted by molar-refractivity contribution is -0.116. The van der Waals surface area contributed by atoms with Gasteiger partial charge in [0.2, 0.25) is 23.5 Å². The first-order valence-corrected chi connectivity index (χ1v) is 8.64. The van der Waals surface area contributed by atoms with Crippen LogP contribution in [0.3, 0.4) is 0 Å². The Morgan fingerprint density at radius 2 is 1.81 bits per heavy atom. The molecule has 0 fully saturated rings. The fourth-order valence-electron chi connectivity index (χ4n) is 2.43. The summed E-state index contributed by atoms with van der Waals surface area (Å²) in [5, 5.41) is 9.87. The Hall–Kier alpha value is -3.19. The minimum Gasteiger partial charge on any atom is -0.339 e. The van der Waals surface area contributed by atoms with Gasteiger partial charge in [-0.25, -0.2) is 0 Å². The van der Waals surface area contributed by atoms with Gasteiger partial charge in [-0.05, 0) is 30.3 Å². The van der Waals surface area contributed by atoms with Gasteiger partial charge in [-0.3, -0.25) is 9.59 Å². The lowest BCUT2D eigenvalue weighted by atomic mass is 10.2. The number of aromatic nitrogens is 2. The first kappa shape index (κ1) is 18.6. The number of nitrogens with zero attached hydrogens (tertiary/aromatic N) is 2. The van der Waals surface area contributed by atoms with E-state index >= 15 is 0 Å². The summed E-state index contributed by atoms with van der Waals surface area (Å²) in [5.74, 6) is 0.364. The van der Waals surface area contributed by atoms with E-state index in [9.17, 15) is 9.59 Å². The number of amides is 2. The molecule has 0 spiro atoms. The highest BCUT2D eigenvalue weighted by Gasteiger charge is 2.13. The van der Waals surface area contributed by atoms with Crippen LogP contribution in [0, 0.1) is 0 Å².